The van der Waals surface area contributed by atoms with E-state index in [0.29, 0.717) is 25.3 Å². The molecule has 1 atom stereocenters. The van der Waals surface area contributed by atoms with Crippen LogP contribution in [0, 0.1) is 6.92 Å². The highest BCUT2D eigenvalue weighted by Gasteiger charge is 2.27. The maximum Gasteiger partial charge on any atom is 0.257 e. The minimum absolute atomic E-state index is 0.0262. The van der Waals surface area contributed by atoms with Gasteiger partial charge in [0.05, 0.1) is 31.1 Å². The van der Waals surface area contributed by atoms with Crippen molar-refractivity contribution in [3.8, 4) is 5.75 Å². The van der Waals surface area contributed by atoms with Crippen LogP contribution in [-0.4, -0.2) is 53.7 Å². The van der Waals surface area contributed by atoms with Crippen molar-refractivity contribution in [3.63, 3.8) is 0 Å². The molecule has 0 N–H and O–H groups in total. The van der Waals surface area contributed by atoms with E-state index in [1.165, 1.54) is 0 Å². The molecule has 0 bridgehead atoms. The second-order valence-corrected chi connectivity index (χ2v) is 7.18. The molecule has 1 aliphatic heterocycles. The van der Waals surface area contributed by atoms with Gasteiger partial charge >= 0.3 is 0 Å². The van der Waals surface area contributed by atoms with Crippen molar-refractivity contribution >= 4 is 5.91 Å². The average molecular weight is 369 g/mol. The van der Waals surface area contributed by atoms with Crippen LogP contribution in [0.25, 0.3) is 0 Å². The van der Waals surface area contributed by atoms with Crippen molar-refractivity contribution in [2.75, 3.05) is 26.8 Å². The van der Waals surface area contributed by atoms with Crippen molar-refractivity contribution in [3.05, 3.63) is 53.1 Å². The highest BCUT2D eigenvalue weighted by atomic mass is 16.5. The van der Waals surface area contributed by atoms with Gasteiger partial charge in [-0.05, 0) is 24.6 Å². The number of rotatable bonds is 5. The Morgan fingerprint density at radius 2 is 2.22 bits per heavy atom. The normalized spacial score (nSPS) is 17.2. The van der Waals surface area contributed by atoms with Gasteiger partial charge in [-0.25, -0.2) is 9.97 Å². The first-order chi connectivity index (χ1) is 13.0. The van der Waals surface area contributed by atoms with E-state index in [1.54, 1.807) is 13.3 Å². The molecule has 3 rings (SSSR count). The van der Waals surface area contributed by atoms with Gasteiger partial charge in [0.25, 0.3) is 5.91 Å². The van der Waals surface area contributed by atoms with Crippen molar-refractivity contribution in [2.24, 2.45) is 0 Å². The predicted octanol–water partition coefficient (Wildman–Crippen LogP) is 3.00. The van der Waals surface area contributed by atoms with Crippen LogP contribution in [0.15, 0.2) is 30.5 Å². The number of carbonyl (C=O) groups excluding carboxylic acids is 1. The van der Waals surface area contributed by atoms with E-state index in [-0.39, 0.29) is 17.9 Å². The highest BCUT2D eigenvalue weighted by Crippen LogP contribution is 2.19. The van der Waals surface area contributed by atoms with E-state index < -0.39 is 0 Å². The number of amides is 1. The van der Waals surface area contributed by atoms with Gasteiger partial charge in [0, 0.05) is 31.6 Å². The first-order valence-corrected chi connectivity index (χ1v) is 9.35. The Bertz CT molecular complexity index is 807. The fraction of sp³-hybridized carbons (Fsp3) is 0.476. The number of benzene rings is 1. The summed E-state index contributed by atoms with van der Waals surface area (Å²) in [5.41, 5.74) is 2.44. The van der Waals surface area contributed by atoms with Crippen LogP contribution in [0.5, 0.6) is 5.75 Å². The van der Waals surface area contributed by atoms with Crippen molar-refractivity contribution in [1.82, 2.24) is 14.9 Å². The summed E-state index contributed by atoms with van der Waals surface area (Å²) in [6, 6.07) is 7.95. The van der Waals surface area contributed by atoms with Crippen LogP contribution in [-0.2, 0) is 11.2 Å². The number of aryl methyl sites for hydroxylation is 1. The summed E-state index contributed by atoms with van der Waals surface area (Å²) >= 11 is 0. The maximum absolute atomic E-state index is 13.0. The van der Waals surface area contributed by atoms with Crippen LogP contribution < -0.4 is 4.74 Å². The van der Waals surface area contributed by atoms with Gasteiger partial charge in [-0.3, -0.25) is 4.79 Å². The molecule has 1 amide bonds. The second-order valence-electron chi connectivity index (χ2n) is 7.18. The largest absolute Gasteiger partial charge is 0.497 e. The Kier molecular flexibility index (Phi) is 6.06. The predicted molar refractivity (Wildman–Crippen MR) is 103 cm³/mol. The Hall–Kier alpha value is -2.47. The van der Waals surface area contributed by atoms with Crippen LogP contribution in [0.1, 0.15) is 47.2 Å². The van der Waals surface area contributed by atoms with Gasteiger partial charge in [0.15, 0.2) is 0 Å². The molecule has 0 aliphatic carbocycles. The van der Waals surface area contributed by atoms with Crippen molar-refractivity contribution in [2.45, 2.75) is 39.2 Å². The Balaban J connectivity index is 1.69. The lowest BCUT2D eigenvalue weighted by Crippen LogP contribution is -2.46. The zero-order valence-corrected chi connectivity index (χ0v) is 16.4. The van der Waals surface area contributed by atoms with E-state index in [9.17, 15) is 4.79 Å². The zero-order chi connectivity index (χ0) is 19.4. The summed E-state index contributed by atoms with van der Waals surface area (Å²) < 4.78 is 11.2. The lowest BCUT2D eigenvalue weighted by molar-refractivity contribution is -0.0208. The third kappa shape index (κ3) is 4.63. The summed E-state index contributed by atoms with van der Waals surface area (Å²) in [6.07, 6.45) is 2.36. The summed E-state index contributed by atoms with van der Waals surface area (Å²) in [7, 11) is 1.66. The molecule has 1 fully saturated rings. The lowest BCUT2D eigenvalue weighted by Gasteiger charge is -2.33. The Labute approximate surface area is 160 Å². The van der Waals surface area contributed by atoms with Gasteiger partial charge in [0.1, 0.15) is 11.6 Å². The maximum atomic E-state index is 13.0. The molecule has 6 nitrogen and oxygen atoms in total. The fourth-order valence-electron chi connectivity index (χ4n) is 3.23. The molecule has 1 aliphatic rings. The number of aromatic nitrogens is 2. The summed E-state index contributed by atoms with van der Waals surface area (Å²) in [5.74, 6) is 1.81. The Morgan fingerprint density at radius 1 is 1.41 bits per heavy atom. The van der Waals surface area contributed by atoms with Crippen molar-refractivity contribution < 1.29 is 14.3 Å². The minimum atomic E-state index is -0.0361. The molecule has 2 aromatic rings. The molecule has 1 aromatic carbocycles. The monoisotopic (exact) mass is 369 g/mol. The number of ether oxygens (including phenoxy) is 2. The number of morpholine rings is 1. The Morgan fingerprint density at radius 3 is 2.93 bits per heavy atom. The van der Waals surface area contributed by atoms with Gasteiger partial charge in [-0.1, -0.05) is 26.0 Å². The summed E-state index contributed by atoms with van der Waals surface area (Å²) in [4.78, 5) is 23.7. The zero-order valence-electron chi connectivity index (χ0n) is 16.4. The molecule has 0 saturated carbocycles. The molecule has 1 saturated heterocycles. The van der Waals surface area contributed by atoms with Gasteiger partial charge in [-0.15, -0.1) is 0 Å². The highest BCUT2D eigenvalue weighted by molar-refractivity contribution is 5.95. The van der Waals surface area contributed by atoms with Gasteiger partial charge in [0.2, 0.25) is 0 Å². The van der Waals surface area contributed by atoms with E-state index in [0.717, 1.165) is 29.3 Å². The number of carbonyl (C=O) groups is 1. The standard InChI is InChI=1S/C21H27N3O3/c1-14(2)20-22-12-19(15(3)23-20)21(25)24-8-9-27-18(13-24)11-16-6-5-7-17(10-16)26-4/h5-7,10,12,14,18H,8-9,11,13H2,1-4H3. The number of hydrogen-bond donors (Lipinski definition) is 0. The number of hydrogen-bond acceptors (Lipinski definition) is 5. The quantitative estimate of drug-likeness (QED) is 0.811. The number of nitrogens with zero attached hydrogens (tertiary/aromatic N) is 3. The van der Waals surface area contributed by atoms with Crippen LogP contribution in [0.4, 0.5) is 0 Å². The summed E-state index contributed by atoms with van der Waals surface area (Å²) in [5, 5.41) is 0. The first kappa shape index (κ1) is 19.3. The smallest absolute Gasteiger partial charge is 0.257 e. The third-order valence-corrected chi connectivity index (χ3v) is 4.77. The first-order valence-electron chi connectivity index (χ1n) is 9.35. The van der Waals surface area contributed by atoms with Gasteiger partial charge in [-0.2, -0.15) is 0 Å². The molecule has 6 heteroatoms. The van der Waals surface area contributed by atoms with Crippen LogP contribution >= 0.6 is 0 Å². The molecular weight excluding hydrogens is 342 g/mol. The topological polar surface area (TPSA) is 64.5 Å². The van der Waals surface area contributed by atoms with Crippen molar-refractivity contribution in [1.29, 1.82) is 0 Å². The summed E-state index contributed by atoms with van der Waals surface area (Å²) in [6.45, 7) is 7.63. The molecule has 2 heterocycles. The van der Waals surface area contributed by atoms with E-state index in [2.05, 4.69) is 16.0 Å². The van der Waals surface area contributed by atoms with Gasteiger partial charge < -0.3 is 14.4 Å². The fourth-order valence-corrected chi connectivity index (χ4v) is 3.23. The van der Waals surface area contributed by atoms with E-state index in [4.69, 9.17) is 9.47 Å². The van der Waals surface area contributed by atoms with Crippen LogP contribution in [0.3, 0.4) is 0 Å². The second kappa shape index (κ2) is 8.48. The average Bonchev–Trinajstić information content (AvgIpc) is 2.67. The lowest BCUT2D eigenvalue weighted by atomic mass is 10.1. The SMILES string of the molecule is COc1cccc(CC2CN(C(=O)c3cnc(C(C)C)nc3C)CCO2)c1. The molecule has 144 valence electrons. The number of methoxy groups -OCH3 is 1. The molecule has 1 aromatic heterocycles. The minimum Gasteiger partial charge on any atom is -0.497 e. The van der Waals surface area contributed by atoms with E-state index in [1.807, 2.05) is 43.9 Å². The molecule has 0 radical (unpaired) electrons. The molecule has 1 unspecified atom stereocenters. The molecule has 27 heavy (non-hydrogen) atoms. The molecular formula is C21H27N3O3. The molecule has 0 spiro atoms. The third-order valence-electron chi connectivity index (χ3n) is 4.77. The van der Waals surface area contributed by atoms with E-state index >= 15 is 0 Å². The van der Waals surface area contributed by atoms with Crippen LogP contribution in [0.2, 0.25) is 0 Å².